The molecule has 2 fully saturated rings. The van der Waals surface area contributed by atoms with E-state index >= 15 is 0 Å². The maximum absolute atomic E-state index is 12.5. The maximum atomic E-state index is 12.5. The SMILES string of the molecule is O=C(NCC(c1ccccc1Cl)N1CCOCC1)C1CCOCC1. The third-order valence-electron chi connectivity index (χ3n) is 4.81. The minimum Gasteiger partial charge on any atom is -0.381 e. The van der Waals surface area contributed by atoms with Crippen molar-refractivity contribution in [3.05, 3.63) is 34.9 Å². The van der Waals surface area contributed by atoms with Crippen LogP contribution in [0.15, 0.2) is 24.3 Å². The third-order valence-corrected chi connectivity index (χ3v) is 5.16. The van der Waals surface area contributed by atoms with Crippen LogP contribution in [0.1, 0.15) is 24.4 Å². The van der Waals surface area contributed by atoms with E-state index in [4.69, 9.17) is 21.1 Å². The molecule has 0 aromatic heterocycles. The second kappa shape index (κ2) is 8.81. The Morgan fingerprint density at radius 2 is 1.83 bits per heavy atom. The molecule has 2 heterocycles. The predicted molar refractivity (Wildman–Crippen MR) is 93.1 cm³/mol. The first-order valence-electron chi connectivity index (χ1n) is 8.67. The average molecular weight is 353 g/mol. The first-order valence-corrected chi connectivity index (χ1v) is 9.05. The molecule has 2 aliphatic heterocycles. The van der Waals surface area contributed by atoms with Crippen LogP contribution in [-0.2, 0) is 14.3 Å². The second-order valence-electron chi connectivity index (χ2n) is 6.32. The number of amides is 1. The summed E-state index contributed by atoms with van der Waals surface area (Å²) in [5.74, 6) is 0.193. The third kappa shape index (κ3) is 4.48. The second-order valence-corrected chi connectivity index (χ2v) is 6.72. The zero-order valence-electron chi connectivity index (χ0n) is 13.9. The largest absolute Gasteiger partial charge is 0.381 e. The van der Waals surface area contributed by atoms with Gasteiger partial charge in [-0.05, 0) is 24.5 Å². The fourth-order valence-electron chi connectivity index (χ4n) is 3.37. The van der Waals surface area contributed by atoms with Crippen LogP contribution < -0.4 is 5.32 Å². The van der Waals surface area contributed by atoms with Gasteiger partial charge >= 0.3 is 0 Å². The molecule has 2 aliphatic rings. The van der Waals surface area contributed by atoms with Gasteiger partial charge in [-0.2, -0.15) is 0 Å². The van der Waals surface area contributed by atoms with Gasteiger partial charge in [0.15, 0.2) is 0 Å². The van der Waals surface area contributed by atoms with Crippen molar-refractivity contribution in [3.63, 3.8) is 0 Å². The van der Waals surface area contributed by atoms with E-state index in [-0.39, 0.29) is 17.9 Å². The fraction of sp³-hybridized carbons (Fsp3) is 0.611. The van der Waals surface area contributed by atoms with Crippen LogP contribution >= 0.6 is 11.6 Å². The number of halogens is 1. The van der Waals surface area contributed by atoms with E-state index < -0.39 is 0 Å². The Labute approximate surface area is 148 Å². The molecular weight excluding hydrogens is 328 g/mol. The maximum Gasteiger partial charge on any atom is 0.223 e. The summed E-state index contributed by atoms with van der Waals surface area (Å²) < 4.78 is 10.8. The van der Waals surface area contributed by atoms with Crippen molar-refractivity contribution in [1.29, 1.82) is 0 Å². The van der Waals surface area contributed by atoms with Crippen molar-refractivity contribution in [2.75, 3.05) is 46.1 Å². The summed E-state index contributed by atoms with van der Waals surface area (Å²) in [7, 11) is 0. The van der Waals surface area contributed by atoms with Crippen molar-refractivity contribution in [2.45, 2.75) is 18.9 Å². The quantitative estimate of drug-likeness (QED) is 0.883. The summed E-state index contributed by atoms with van der Waals surface area (Å²) >= 11 is 6.42. The molecule has 1 atom stereocenters. The molecule has 1 amide bonds. The van der Waals surface area contributed by atoms with Crippen LogP contribution in [-0.4, -0.2) is 56.9 Å². The highest BCUT2D eigenvalue weighted by molar-refractivity contribution is 6.31. The molecule has 0 bridgehead atoms. The summed E-state index contributed by atoms with van der Waals surface area (Å²) in [6, 6.07) is 7.96. The Morgan fingerprint density at radius 1 is 1.17 bits per heavy atom. The molecule has 0 radical (unpaired) electrons. The summed E-state index contributed by atoms with van der Waals surface area (Å²) in [5, 5.41) is 3.88. The Balaban J connectivity index is 1.67. The van der Waals surface area contributed by atoms with Gasteiger partial charge in [0.2, 0.25) is 5.91 Å². The van der Waals surface area contributed by atoms with E-state index in [1.54, 1.807) is 0 Å². The molecule has 1 unspecified atom stereocenters. The number of carbonyl (C=O) groups excluding carboxylic acids is 1. The van der Waals surface area contributed by atoms with Gasteiger partial charge in [0.05, 0.1) is 19.3 Å². The van der Waals surface area contributed by atoms with Gasteiger partial charge in [-0.3, -0.25) is 9.69 Å². The van der Waals surface area contributed by atoms with E-state index in [2.05, 4.69) is 10.2 Å². The number of nitrogens with zero attached hydrogens (tertiary/aromatic N) is 1. The van der Waals surface area contributed by atoms with Gasteiger partial charge in [-0.15, -0.1) is 0 Å². The highest BCUT2D eigenvalue weighted by Gasteiger charge is 2.27. The summed E-state index contributed by atoms with van der Waals surface area (Å²) in [6.07, 6.45) is 1.61. The normalized spacial score (nSPS) is 21.4. The van der Waals surface area contributed by atoms with Gasteiger partial charge < -0.3 is 14.8 Å². The van der Waals surface area contributed by atoms with Crippen molar-refractivity contribution < 1.29 is 14.3 Å². The summed E-state index contributed by atoms with van der Waals surface area (Å²) in [5.41, 5.74) is 1.06. The topological polar surface area (TPSA) is 50.8 Å². The number of benzene rings is 1. The van der Waals surface area contributed by atoms with Crippen molar-refractivity contribution in [2.24, 2.45) is 5.92 Å². The summed E-state index contributed by atoms with van der Waals surface area (Å²) in [6.45, 7) is 5.06. The lowest BCUT2D eigenvalue weighted by Crippen LogP contribution is -2.45. The molecule has 132 valence electrons. The van der Waals surface area contributed by atoms with Crippen molar-refractivity contribution in [1.82, 2.24) is 10.2 Å². The van der Waals surface area contributed by atoms with Gasteiger partial charge in [0, 0.05) is 43.8 Å². The molecule has 1 N–H and O–H groups in total. The van der Waals surface area contributed by atoms with E-state index in [1.807, 2.05) is 24.3 Å². The van der Waals surface area contributed by atoms with E-state index in [1.165, 1.54) is 0 Å². The molecule has 1 aromatic rings. The molecule has 24 heavy (non-hydrogen) atoms. The number of rotatable bonds is 5. The molecule has 0 spiro atoms. The number of hydrogen-bond acceptors (Lipinski definition) is 4. The Bertz CT molecular complexity index is 543. The number of nitrogens with one attached hydrogen (secondary N) is 1. The van der Waals surface area contributed by atoms with Crippen LogP contribution in [0.25, 0.3) is 0 Å². The van der Waals surface area contributed by atoms with E-state index in [0.717, 1.165) is 49.7 Å². The lowest BCUT2D eigenvalue weighted by molar-refractivity contribution is -0.128. The lowest BCUT2D eigenvalue weighted by atomic mass is 9.98. The highest BCUT2D eigenvalue weighted by Crippen LogP contribution is 2.28. The van der Waals surface area contributed by atoms with Crippen LogP contribution in [0.3, 0.4) is 0 Å². The smallest absolute Gasteiger partial charge is 0.223 e. The molecule has 5 nitrogen and oxygen atoms in total. The molecule has 2 saturated heterocycles. The Hall–Kier alpha value is -1.14. The number of morpholine rings is 1. The monoisotopic (exact) mass is 352 g/mol. The van der Waals surface area contributed by atoms with Crippen molar-refractivity contribution in [3.8, 4) is 0 Å². The molecule has 0 saturated carbocycles. The minimum absolute atomic E-state index is 0.0651. The fourth-order valence-corrected chi connectivity index (χ4v) is 3.63. The van der Waals surface area contributed by atoms with Crippen LogP contribution in [0.2, 0.25) is 5.02 Å². The zero-order valence-corrected chi connectivity index (χ0v) is 14.6. The molecule has 6 heteroatoms. The minimum atomic E-state index is 0.0651. The zero-order chi connectivity index (χ0) is 16.8. The lowest BCUT2D eigenvalue weighted by Gasteiger charge is -2.35. The number of ether oxygens (including phenoxy) is 2. The first kappa shape index (κ1) is 17.7. The van der Waals surface area contributed by atoms with E-state index in [0.29, 0.717) is 19.8 Å². The van der Waals surface area contributed by atoms with Crippen molar-refractivity contribution >= 4 is 17.5 Å². The average Bonchev–Trinajstić information content (AvgIpc) is 2.65. The first-order chi connectivity index (χ1) is 11.8. The number of carbonyl (C=O) groups is 1. The van der Waals surface area contributed by atoms with Crippen LogP contribution in [0.5, 0.6) is 0 Å². The Kier molecular flexibility index (Phi) is 6.49. The highest BCUT2D eigenvalue weighted by atomic mass is 35.5. The molecular formula is C18H25ClN2O3. The summed E-state index contributed by atoms with van der Waals surface area (Å²) in [4.78, 5) is 14.8. The molecule has 3 rings (SSSR count). The predicted octanol–water partition coefficient (Wildman–Crippen LogP) is 2.26. The molecule has 0 aliphatic carbocycles. The Morgan fingerprint density at radius 3 is 2.54 bits per heavy atom. The van der Waals surface area contributed by atoms with Gasteiger partial charge in [0.1, 0.15) is 0 Å². The van der Waals surface area contributed by atoms with Gasteiger partial charge in [-0.25, -0.2) is 0 Å². The van der Waals surface area contributed by atoms with Gasteiger partial charge in [0.25, 0.3) is 0 Å². The molecule has 1 aromatic carbocycles. The van der Waals surface area contributed by atoms with Crippen LogP contribution in [0, 0.1) is 5.92 Å². The number of hydrogen-bond donors (Lipinski definition) is 1. The van der Waals surface area contributed by atoms with E-state index in [9.17, 15) is 4.79 Å². The standard InChI is InChI=1S/C18H25ClN2O3/c19-16-4-2-1-3-15(16)17(21-7-11-24-12-8-21)13-20-18(22)14-5-9-23-10-6-14/h1-4,14,17H,5-13H2,(H,20,22). The van der Waals surface area contributed by atoms with Crippen LogP contribution in [0.4, 0.5) is 0 Å². The van der Waals surface area contributed by atoms with Gasteiger partial charge in [-0.1, -0.05) is 29.8 Å².